The van der Waals surface area contributed by atoms with Gasteiger partial charge < -0.3 is 10.6 Å². The van der Waals surface area contributed by atoms with Crippen molar-refractivity contribution in [3.63, 3.8) is 0 Å². The van der Waals surface area contributed by atoms with Crippen molar-refractivity contribution in [1.29, 1.82) is 0 Å². The Morgan fingerprint density at radius 1 is 1.25 bits per heavy atom. The highest BCUT2D eigenvalue weighted by molar-refractivity contribution is 5.79. The Kier molecular flexibility index (Phi) is 2.66. The molecule has 0 aromatic heterocycles. The molecule has 2 aliphatic carbocycles. The summed E-state index contributed by atoms with van der Waals surface area (Å²) in [7, 11) is 0. The molecule has 3 aliphatic rings. The molecule has 3 rings (SSSR count). The van der Waals surface area contributed by atoms with Crippen molar-refractivity contribution in [2.75, 3.05) is 13.1 Å². The molecule has 2 bridgehead atoms. The van der Waals surface area contributed by atoms with Gasteiger partial charge in [-0.3, -0.25) is 4.79 Å². The second-order valence-electron chi connectivity index (χ2n) is 6.03. The largest absolute Gasteiger partial charge is 0.352 e. The van der Waals surface area contributed by atoms with Crippen LogP contribution in [0.3, 0.4) is 0 Å². The summed E-state index contributed by atoms with van der Waals surface area (Å²) in [5.41, 5.74) is 0. The van der Waals surface area contributed by atoms with Gasteiger partial charge in [0.15, 0.2) is 0 Å². The summed E-state index contributed by atoms with van der Waals surface area (Å²) in [6.07, 6.45) is 5.14. The highest BCUT2D eigenvalue weighted by Gasteiger charge is 2.43. The summed E-state index contributed by atoms with van der Waals surface area (Å²) in [5, 5.41) is 6.59. The van der Waals surface area contributed by atoms with Gasteiger partial charge in [0.2, 0.25) is 5.91 Å². The average molecular weight is 222 g/mol. The van der Waals surface area contributed by atoms with E-state index < -0.39 is 0 Å². The van der Waals surface area contributed by atoms with Gasteiger partial charge in [-0.05, 0) is 43.6 Å². The third-order valence-corrected chi connectivity index (χ3v) is 4.92. The number of amides is 1. The van der Waals surface area contributed by atoms with E-state index in [9.17, 15) is 4.79 Å². The zero-order valence-corrected chi connectivity index (χ0v) is 10.0. The molecule has 0 aromatic carbocycles. The number of rotatable bonds is 2. The van der Waals surface area contributed by atoms with E-state index in [1.165, 1.54) is 19.3 Å². The van der Waals surface area contributed by atoms with Crippen LogP contribution in [0.2, 0.25) is 0 Å². The molecule has 1 heterocycles. The molecule has 2 N–H and O–H groups in total. The summed E-state index contributed by atoms with van der Waals surface area (Å²) >= 11 is 0. The fourth-order valence-corrected chi connectivity index (χ4v) is 3.86. The summed E-state index contributed by atoms with van der Waals surface area (Å²) in [4.78, 5) is 12.2. The first-order valence-electron chi connectivity index (χ1n) is 6.75. The topological polar surface area (TPSA) is 41.1 Å². The maximum absolute atomic E-state index is 12.2. The van der Waals surface area contributed by atoms with Crippen LogP contribution in [0.15, 0.2) is 0 Å². The first kappa shape index (κ1) is 10.6. The molecule has 0 spiro atoms. The number of fused-ring (bicyclic) bond motifs is 2. The molecular weight excluding hydrogens is 200 g/mol. The minimum atomic E-state index is 0.339. The Morgan fingerprint density at radius 2 is 2.12 bits per heavy atom. The Bertz CT molecular complexity index is 292. The normalized spacial score (nSPS) is 46.2. The van der Waals surface area contributed by atoms with Crippen molar-refractivity contribution in [2.45, 2.75) is 38.6 Å². The van der Waals surface area contributed by atoms with E-state index in [2.05, 4.69) is 17.6 Å². The molecule has 16 heavy (non-hydrogen) atoms. The van der Waals surface area contributed by atoms with E-state index in [-0.39, 0.29) is 0 Å². The summed E-state index contributed by atoms with van der Waals surface area (Å²) in [6.45, 7) is 4.21. The van der Waals surface area contributed by atoms with Crippen molar-refractivity contribution in [1.82, 2.24) is 10.6 Å². The Hall–Kier alpha value is -0.570. The second-order valence-corrected chi connectivity index (χ2v) is 6.03. The first-order valence-corrected chi connectivity index (χ1v) is 6.75. The minimum absolute atomic E-state index is 0.339. The van der Waals surface area contributed by atoms with E-state index in [0.717, 1.165) is 25.4 Å². The monoisotopic (exact) mass is 222 g/mol. The Labute approximate surface area is 97.4 Å². The van der Waals surface area contributed by atoms with Crippen LogP contribution in [-0.4, -0.2) is 25.0 Å². The van der Waals surface area contributed by atoms with Gasteiger partial charge >= 0.3 is 0 Å². The molecule has 1 saturated heterocycles. The standard InChI is InChI=1S/C13H22N2O/c1-8-6-14-7-12(8)15-13(16)11-5-9-2-3-10(11)4-9/h8-12,14H,2-7H2,1H3,(H,15,16). The summed E-state index contributed by atoms with van der Waals surface area (Å²) in [6, 6.07) is 0.367. The SMILES string of the molecule is CC1CNCC1NC(=O)C1CC2CCC1C2. The third kappa shape index (κ3) is 1.75. The molecule has 3 heteroatoms. The highest BCUT2D eigenvalue weighted by atomic mass is 16.2. The van der Waals surface area contributed by atoms with Gasteiger partial charge in [-0.2, -0.15) is 0 Å². The number of hydrogen-bond acceptors (Lipinski definition) is 2. The molecular formula is C13H22N2O. The van der Waals surface area contributed by atoms with Gasteiger partial charge in [0.05, 0.1) is 0 Å². The van der Waals surface area contributed by atoms with Gasteiger partial charge in [-0.1, -0.05) is 13.3 Å². The molecule has 3 fully saturated rings. The van der Waals surface area contributed by atoms with E-state index in [0.29, 0.717) is 29.7 Å². The van der Waals surface area contributed by atoms with Crippen molar-refractivity contribution >= 4 is 5.91 Å². The van der Waals surface area contributed by atoms with Crippen molar-refractivity contribution in [3.05, 3.63) is 0 Å². The molecule has 5 atom stereocenters. The lowest BCUT2D eigenvalue weighted by Crippen LogP contribution is -2.43. The van der Waals surface area contributed by atoms with Crippen LogP contribution in [-0.2, 0) is 4.79 Å². The van der Waals surface area contributed by atoms with Crippen LogP contribution in [0.4, 0.5) is 0 Å². The maximum Gasteiger partial charge on any atom is 0.223 e. The smallest absolute Gasteiger partial charge is 0.223 e. The van der Waals surface area contributed by atoms with E-state index in [4.69, 9.17) is 0 Å². The molecule has 0 radical (unpaired) electrons. The molecule has 5 unspecified atom stereocenters. The van der Waals surface area contributed by atoms with E-state index >= 15 is 0 Å². The van der Waals surface area contributed by atoms with Crippen molar-refractivity contribution in [3.8, 4) is 0 Å². The maximum atomic E-state index is 12.2. The third-order valence-electron chi connectivity index (χ3n) is 4.92. The van der Waals surface area contributed by atoms with Crippen LogP contribution in [0.25, 0.3) is 0 Å². The summed E-state index contributed by atoms with van der Waals surface area (Å²) < 4.78 is 0. The van der Waals surface area contributed by atoms with Gasteiger partial charge in [0.25, 0.3) is 0 Å². The zero-order chi connectivity index (χ0) is 11.1. The number of carbonyl (C=O) groups is 1. The predicted octanol–water partition coefficient (Wildman–Crippen LogP) is 1.15. The fraction of sp³-hybridized carbons (Fsp3) is 0.923. The molecule has 1 amide bonds. The quantitative estimate of drug-likeness (QED) is 0.736. The molecule has 2 saturated carbocycles. The Morgan fingerprint density at radius 3 is 2.69 bits per heavy atom. The average Bonchev–Trinajstić information content (AvgIpc) is 2.95. The number of carbonyl (C=O) groups excluding carboxylic acids is 1. The minimum Gasteiger partial charge on any atom is -0.352 e. The van der Waals surface area contributed by atoms with Crippen molar-refractivity contribution in [2.24, 2.45) is 23.7 Å². The predicted molar refractivity (Wildman–Crippen MR) is 62.9 cm³/mol. The molecule has 1 aliphatic heterocycles. The lowest BCUT2D eigenvalue weighted by Gasteiger charge is -2.24. The highest BCUT2D eigenvalue weighted by Crippen LogP contribution is 2.48. The van der Waals surface area contributed by atoms with Crippen LogP contribution < -0.4 is 10.6 Å². The first-order chi connectivity index (χ1) is 7.74. The van der Waals surface area contributed by atoms with E-state index in [1.807, 2.05) is 0 Å². The molecule has 90 valence electrons. The van der Waals surface area contributed by atoms with Crippen LogP contribution >= 0.6 is 0 Å². The molecule has 3 nitrogen and oxygen atoms in total. The van der Waals surface area contributed by atoms with Gasteiger partial charge in [0, 0.05) is 18.5 Å². The zero-order valence-electron chi connectivity index (χ0n) is 10.0. The molecule has 0 aromatic rings. The fourth-order valence-electron chi connectivity index (χ4n) is 3.86. The Balaban J connectivity index is 1.57. The lowest BCUT2D eigenvalue weighted by molar-refractivity contribution is -0.127. The number of hydrogen-bond donors (Lipinski definition) is 2. The van der Waals surface area contributed by atoms with Crippen LogP contribution in [0.5, 0.6) is 0 Å². The van der Waals surface area contributed by atoms with Crippen LogP contribution in [0, 0.1) is 23.7 Å². The summed E-state index contributed by atoms with van der Waals surface area (Å²) in [5.74, 6) is 2.83. The van der Waals surface area contributed by atoms with Gasteiger partial charge in [0.1, 0.15) is 0 Å². The van der Waals surface area contributed by atoms with Crippen LogP contribution in [0.1, 0.15) is 32.6 Å². The number of nitrogens with one attached hydrogen (secondary N) is 2. The van der Waals surface area contributed by atoms with Gasteiger partial charge in [-0.15, -0.1) is 0 Å². The second kappa shape index (κ2) is 4.02. The lowest BCUT2D eigenvalue weighted by atomic mass is 9.88. The van der Waals surface area contributed by atoms with Gasteiger partial charge in [-0.25, -0.2) is 0 Å². The van der Waals surface area contributed by atoms with E-state index in [1.54, 1.807) is 0 Å². The van der Waals surface area contributed by atoms with Crippen molar-refractivity contribution < 1.29 is 4.79 Å².